The Balaban J connectivity index is 1.83. The van der Waals surface area contributed by atoms with E-state index >= 15 is 0 Å². The van der Waals surface area contributed by atoms with Gasteiger partial charge in [0, 0.05) is 17.0 Å². The Morgan fingerprint density at radius 3 is 2.41 bits per heavy atom. The number of rotatable bonds is 3. The summed E-state index contributed by atoms with van der Waals surface area (Å²) in [4.78, 5) is 23.2. The van der Waals surface area contributed by atoms with Gasteiger partial charge in [-0.2, -0.15) is 0 Å². The molecule has 1 fully saturated rings. The van der Waals surface area contributed by atoms with Crippen LogP contribution < -0.4 is 5.32 Å². The van der Waals surface area contributed by atoms with Crippen LogP contribution in [0.25, 0.3) is 11.0 Å². The van der Waals surface area contributed by atoms with Gasteiger partial charge < -0.3 is 14.8 Å². The largest absolute Gasteiger partial charge is 0.481 e. The third-order valence-corrected chi connectivity index (χ3v) is 4.51. The van der Waals surface area contributed by atoms with Gasteiger partial charge in [-0.25, -0.2) is 0 Å². The van der Waals surface area contributed by atoms with Crippen LogP contribution in [0.1, 0.15) is 40.1 Å². The average Bonchev–Trinajstić information content (AvgIpc) is 2.76. The molecule has 3 rings (SSSR count). The maximum absolute atomic E-state index is 12.4. The fourth-order valence-corrected chi connectivity index (χ4v) is 3.08. The van der Waals surface area contributed by atoms with E-state index in [-0.39, 0.29) is 17.9 Å². The van der Waals surface area contributed by atoms with Crippen molar-refractivity contribution in [1.82, 2.24) is 5.32 Å². The van der Waals surface area contributed by atoms with Crippen LogP contribution in [-0.2, 0) is 4.79 Å². The number of carboxylic acids is 1. The fraction of sp³-hybridized carbons (Fsp3) is 0.412. The molecule has 22 heavy (non-hydrogen) atoms. The SMILES string of the molecule is Cc1ccc(C)c2c(C)c(C(=O)NC3CC(C(=O)O)C3)oc12. The average molecular weight is 301 g/mol. The molecule has 0 radical (unpaired) electrons. The van der Waals surface area contributed by atoms with Gasteiger partial charge in [0.15, 0.2) is 5.76 Å². The van der Waals surface area contributed by atoms with Crippen LogP contribution in [0.15, 0.2) is 16.5 Å². The zero-order valence-corrected chi connectivity index (χ0v) is 12.9. The van der Waals surface area contributed by atoms with Crippen molar-refractivity contribution in [3.05, 3.63) is 34.6 Å². The Kier molecular flexibility index (Phi) is 3.43. The molecule has 0 bridgehead atoms. The number of hydrogen-bond donors (Lipinski definition) is 2. The summed E-state index contributed by atoms with van der Waals surface area (Å²) in [5.41, 5.74) is 3.66. The highest BCUT2D eigenvalue weighted by molar-refractivity contribution is 6.00. The van der Waals surface area contributed by atoms with E-state index < -0.39 is 5.97 Å². The second-order valence-corrected chi connectivity index (χ2v) is 6.14. The number of aliphatic carboxylic acids is 1. The van der Waals surface area contributed by atoms with Crippen molar-refractivity contribution >= 4 is 22.8 Å². The van der Waals surface area contributed by atoms with Gasteiger partial charge in [-0.3, -0.25) is 9.59 Å². The highest BCUT2D eigenvalue weighted by Crippen LogP contribution is 2.32. The second kappa shape index (κ2) is 5.16. The van der Waals surface area contributed by atoms with Gasteiger partial charge in [-0.15, -0.1) is 0 Å². The maximum atomic E-state index is 12.4. The smallest absolute Gasteiger partial charge is 0.306 e. The Morgan fingerprint density at radius 1 is 1.18 bits per heavy atom. The molecule has 0 atom stereocenters. The Bertz CT molecular complexity index is 769. The Labute approximate surface area is 128 Å². The van der Waals surface area contributed by atoms with E-state index in [9.17, 15) is 9.59 Å². The van der Waals surface area contributed by atoms with Crippen LogP contribution >= 0.6 is 0 Å². The number of hydrogen-bond acceptors (Lipinski definition) is 3. The molecule has 116 valence electrons. The summed E-state index contributed by atoms with van der Waals surface area (Å²) in [6.45, 7) is 5.83. The minimum Gasteiger partial charge on any atom is -0.481 e. The Hall–Kier alpha value is -2.30. The van der Waals surface area contributed by atoms with Crippen LogP contribution in [0.4, 0.5) is 0 Å². The number of furan rings is 1. The molecule has 1 heterocycles. The topological polar surface area (TPSA) is 79.5 Å². The van der Waals surface area contributed by atoms with Gasteiger partial charge in [-0.05, 0) is 44.7 Å². The van der Waals surface area contributed by atoms with E-state index in [0.29, 0.717) is 18.6 Å². The van der Waals surface area contributed by atoms with E-state index in [1.54, 1.807) is 0 Å². The zero-order chi connectivity index (χ0) is 16.0. The molecule has 1 aromatic carbocycles. The van der Waals surface area contributed by atoms with Gasteiger partial charge in [0.25, 0.3) is 5.91 Å². The van der Waals surface area contributed by atoms with E-state index in [4.69, 9.17) is 9.52 Å². The summed E-state index contributed by atoms with van der Waals surface area (Å²) in [7, 11) is 0. The van der Waals surface area contributed by atoms with E-state index in [0.717, 1.165) is 27.7 Å². The molecule has 5 heteroatoms. The van der Waals surface area contributed by atoms with Crippen molar-refractivity contribution in [2.24, 2.45) is 5.92 Å². The molecule has 1 aromatic heterocycles. The minimum atomic E-state index is -0.795. The lowest BCUT2D eigenvalue weighted by Crippen LogP contribution is -2.46. The molecule has 1 amide bonds. The summed E-state index contributed by atoms with van der Waals surface area (Å²) < 4.78 is 5.79. The first-order valence-corrected chi connectivity index (χ1v) is 7.41. The summed E-state index contributed by atoms with van der Waals surface area (Å²) in [5, 5.41) is 12.7. The van der Waals surface area contributed by atoms with Crippen molar-refractivity contribution < 1.29 is 19.1 Å². The maximum Gasteiger partial charge on any atom is 0.306 e. The lowest BCUT2D eigenvalue weighted by Gasteiger charge is -2.32. The molecule has 0 unspecified atom stereocenters. The highest BCUT2D eigenvalue weighted by atomic mass is 16.4. The normalized spacial score (nSPS) is 20.7. The molecule has 1 aliphatic rings. The first-order valence-electron chi connectivity index (χ1n) is 7.41. The van der Waals surface area contributed by atoms with Crippen LogP contribution in [0.5, 0.6) is 0 Å². The minimum absolute atomic E-state index is 0.0802. The predicted molar refractivity (Wildman–Crippen MR) is 82.0 cm³/mol. The van der Waals surface area contributed by atoms with Crippen LogP contribution in [-0.4, -0.2) is 23.0 Å². The van der Waals surface area contributed by atoms with Crippen molar-refractivity contribution in [3.8, 4) is 0 Å². The number of carboxylic acid groups (broad SMARTS) is 1. The molecule has 0 aliphatic heterocycles. The van der Waals surface area contributed by atoms with E-state index in [1.807, 2.05) is 32.9 Å². The number of aryl methyl sites for hydroxylation is 3. The first-order chi connectivity index (χ1) is 10.4. The zero-order valence-electron chi connectivity index (χ0n) is 12.9. The third-order valence-electron chi connectivity index (χ3n) is 4.51. The molecular formula is C17H19NO4. The second-order valence-electron chi connectivity index (χ2n) is 6.14. The van der Waals surface area contributed by atoms with Gasteiger partial charge in [0.1, 0.15) is 5.58 Å². The number of fused-ring (bicyclic) bond motifs is 1. The van der Waals surface area contributed by atoms with Gasteiger partial charge in [0.05, 0.1) is 5.92 Å². The number of carbonyl (C=O) groups is 2. The highest BCUT2D eigenvalue weighted by Gasteiger charge is 2.36. The first kappa shape index (κ1) is 14.6. The van der Waals surface area contributed by atoms with Gasteiger partial charge >= 0.3 is 5.97 Å². The monoisotopic (exact) mass is 301 g/mol. The number of nitrogens with one attached hydrogen (secondary N) is 1. The molecule has 1 aliphatic carbocycles. The number of amides is 1. The lowest BCUT2D eigenvalue weighted by molar-refractivity contribution is -0.145. The van der Waals surface area contributed by atoms with Gasteiger partial charge in [-0.1, -0.05) is 12.1 Å². The van der Waals surface area contributed by atoms with Gasteiger partial charge in [0.2, 0.25) is 0 Å². The lowest BCUT2D eigenvalue weighted by atomic mass is 9.80. The summed E-state index contributed by atoms with van der Waals surface area (Å²) in [6.07, 6.45) is 0.969. The fourth-order valence-electron chi connectivity index (χ4n) is 3.08. The van der Waals surface area contributed by atoms with Crippen LogP contribution in [0, 0.1) is 26.7 Å². The van der Waals surface area contributed by atoms with Crippen LogP contribution in [0.2, 0.25) is 0 Å². The molecule has 2 aromatic rings. The standard InChI is InChI=1S/C17H19NO4/c1-8-4-5-9(2)14-13(8)10(3)15(22-14)16(19)18-12-6-11(7-12)17(20)21/h4-5,11-12H,6-7H2,1-3H3,(H,18,19)(H,20,21). The molecular weight excluding hydrogens is 282 g/mol. The molecule has 5 nitrogen and oxygen atoms in total. The van der Waals surface area contributed by atoms with Crippen molar-refractivity contribution in [1.29, 1.82) is 0 Å². The van der Waals surface area contributed by atoms with Crippen molar-refractivity contribution in [2.45, 2.75) is 39.7 Å². The third kappa shape index (κ3) is 2.26. The summed E-state index contributed by atoms with van der Waals surface area (Å²) in [6, 6.07) is 3.92. The Morgan fingerprint density at radius 2 is 1.82 bits per heavy atom. The molecule has 1 saturated carbocycles. The quantitative estimate of drug-likeness (QED) is 0.913. The van der Waals surface area contributed by atoms with E-state index in [2.05, 4.69) is 5.32 Å². The van der Waals surface area contributed by atoms with Crippen LogP contribution in [0.3, 0.4) is 0 Å². The van der Waals surface area contributed by atoms with Crippen molar-refractivity contribution in [2.75, 3.05) is 0 Å². The summed E-state index contributed by atoms with van der Waals surface area (Å²) in [5.74, 6) is -1.07. The summed E-state index contributed by atoms with van der Waals surface area (Å²) >= 11 is 0. The van der Waals surface area contributed by atoms with E-state index in [1.165, 1.54) is 0 Å². The molecule has 2 N–H and O–H groups in total. The molecule has 0 saturated heterocycles. The predicted octanol–water partition coefficient (Wildman–Crippen LogP) is 2.95. The number of benzene rings is 1. The molecule has 0 spiro atoms. The number of carbonyl (C=O) groups excluding carboxylic acids is 1. The van der Waals surface area contributed by atoms with Crippen molar-refractivity contribution in [3.63, 3.8) is 0 Å².